The zero-order valence-electron chi connectivity index (χ0n) is 12.8. The number of esters is 1. The molecule has 6 nitrogen and oxygen atoms in total. The van der Waals surface area contributed by atoms with Gasteiger partial charge in [-0.15, -0.1) is 0 Å². The summed E-state index contributed by atoms with van der Waals surface area (Å²) in [5, 5.41) is 6.19. The Morgan fingerprint density at radius 3 is 2.71 bits per heavy atom. The highest BCUT2D eigenvalue weighted by Gasteiger charge is 2.12. The number of carbonyl (C=O) groups is 2. The smallest absolute Gasteiger partial charge is 0.325 e. The standard InChI is InChI=1S/C16H15Cl2N3O3/c1-2-24-14(22)9-20-15-13(4-3-7-19-15)21-16(23)10-5-6-11(17)12(18)8-10/h3-8H,2,9H2,1H3,(H,19,20)(H,21,23). The van der Waals surface area contributed by atoms with E-state index in [4.69, 9.17) is 27.9 Å². The van der Waals surface area contributed by atoms with Crippen molar-refractivity contribution in [2.45, 2.75) is 6.92 Å². The Kier molecular flexibility index (Phi) is 6.40. The fourth-order valence-corrected chi connectivity index (χ4v) is 2.14. The van der Waals surface area contributed by atoms with Crippen molar-refractivity contribution in [3.05, 3.63) is 52.1 Å². The lowest BCUT2D eigenvalue weighted by Gasteiger charge is -2.12. The van der Waals surface area contributed by atoms with E-state index in [1.165, 1.54) is 6.07 Å². The van der Waals surface area contributed by atoms with Crippen LogP contribution in [0.5, 0.6) is 0 Å². The summed E-state index contributed by atoms with van der Waals surface area (Å²) in [6.07, 6.45) is 1.54. The van der Waals surface area contributed by atoms with Crippen LogP contribution in [-0.2, 0) is 9.53 Å². The molecule has 0 saturated carbocycles. The lowest BCUT2D eigenvalue weighted by Crippen LogP contribution is -2.19. The molecule has 1 amide bonds. The van der Waals surface area contributed by atoms with Crippen molar-refractivity contribution in [2.24, 2.45) is 0 Å². The van der Waals surface area contributed by atoms with Crippen molar-refractivity contribution in [1.82, 2.24) is 4.98 Å². The first-order valence-electron chi connectivity index (χ1n) is 7.12. The van der Waals surface area contributed by atoms with Crippen LogP contribution in [0.25, 0.3) is 0 Å². The SMILES string of the molecule is CCOC(=O)CNc1ncccc1NC(=O)c1ccc(Cl)c(Cl)c1. The molecule has 8 heteroatoms. The number of aromatic nitrogens is 1. The zero-order chi connectivity index (χ0) is 17.5. The van der Waals surface area contributed by atoms with Gasteiger partial charge in [-0.1, -0.05) is 23.2 Å². The van der Waals surface area contributed by atoms with Gasteiger partial charge in [-0.3, -0.25) is 9.59 Å². The molecule has 0 atom stereocenters. The van der Waals surface area contributed by atoms with Crippen molar-refractivity contribution in [2.75, 3.05) is 23.8 Å². The van der Waals surface area contributed by atoms with Gasteiger partial charge in [0.2, 0.25) is 0 Å². The summed E-state index contributed by atoms with van der Waals surface area (Å²) in [4.78, 5) is 27.8. The Bertz CT molecular complexity index is 753. The summed E-state index contributed by atoms with van der Waals surface area (Å²) < 4.78 is 4.83. The molecule has 1 heterocycles. The number of nitrogens with one attached hydrogen (secondary N) is 2. The van der Waals surface area contributed by atoms with Gasteiger partial charge in [-0.05, 0) is 37.3 Å². The van der Waals surface area contributed by atoms with Gasteiger partial charge in [0.1, 0.15) is 12.4 Å². The maximum Gasteiger partial charge on any atom is 0.325 e. The zero-order valence-corrected chi connectivity index (χ0v) is 14.3. The lowest BCUT2D eigenvalue weighted by atomic mass is 10.2. The number of hydrogen-bond acceptors (Lipinski definition) is 5. The number of amides is 1. The molecule has 126 valence electrons. The average Bonchev–Trinajstić information content (AvgIpc) is 2.56. The second-order valence-corrected chi connectivity index (χ2v) is 5.46. The topological polar surface area (TPSA) is 80.3 Å². The van der Waals surface area contributed by atoms with Gasteiger partial charge in [-0.25, -0.2) is 4.98 Å². The normalized spacial score (nSPS) is 10.1. The fraction of sp³-hybridized carbons (Fsp3) is 0.188. The summed E-state index contributed by atoms with van der Waals surface area (Å²) in [7, 11) is 0. The summed E-state index contributed by atoms with van der Waals surface area (Å²) >= 11 is 11.8. The molecule has 24 heavy (non-hydrogen) atoms. The van der Waals surface area contributed by atoms with Crippen LogP contribution in [0, 0.1) is 0 Å². The molecule has 1 aromatic heterocycles. The highest BCUT2D eigenvalue weighted by atomic mass is 35.5. The van der Waals surface area contributed by atoms with Crippen molar-refractivity contribution in [1.29, 1.82) is 0 Å². The molecule has 2 rings (SSSR count). The van der Waals surface area contributed by atoms with Gasteiger partial charge in [0.25, 0.3) is 5.91 Å². The highest BCUT2D eigenvalue weighted by Crippen LogP contribution is 2.24. The molecule has 0 spiro atoms. The molecule has 0 radical (unpaired) electrons. The van der Waals surface area contributed by atoms with E-state index >= 15 is 0 Å². The number of rotatable bonds is 6. The minimum absolute atomic E-state index is 0.0551. The molecule has 2 aromatic rings. The van der Waals surface area contributed by atoms with Crippen LogP contribution in [0.2, 0.25) is 10.0 Å². The minimum atomic E-state index is -0.412. The van der Waals surface area contributed by atoms with Crippen LogP contribution in [0.3, 0.4) is 0 Å². The van der Waals surface area contributed by atoms with E-state index in [0.717, 1.165) is 0 Å². The highest BCUT2D eigenvalue weighted by molar-refractivity contribution is 6.42. The van der Waals surface area contributed by atoms with E-state index in [0.29, 0.717) is 28.7 Å². The molecule has 0 fully saturated rings. The Morgan fingerprint density at radius 2 is 2.00 bits per heavy atom. The molecule has 0 bridgehead atoms. The summed E-state index contributed by atoms with van der Waals surface area (Å²) in [5.41, 5.74) is 0.780. The number of benzene rings is 1. The fourth-order valence-electron chi connectivity index (χ4n) is 1.85. The molecule has 0 saturated heterocycles. The Morgan fingerprint density at radius 1 is 1.21 bits per heavy atom. The molecule has 1 aromatic carbocycles. The van der Waals surface area contributed by atoms with Gasteiger partial charge in [0.05, 0.1) is 22.3 Å². The van der Waals surface area contributed by atoms with E-state index in [2.05, 4.69) is 15.6 Å². The van der Waals surface area contributed by atoms with Gasteiger partial charge in [0.15, 0.2) is 0 Å². The van der Waals surface area contributed by atoms with E-state index in [1.54, 1.807) is 37.4 Å². The van der Waals surface area contributed by atoms with Crippen LogP contribution >= 0.6 is 23.2 Å². The third-order valence-corrected chi connectivity index (χ3v) is 3.68. The van der Waals surface area contributed by atoms with Crippen LogP contribution < -0.4 is 10.6 Å². The number of nitrogens with zero attached hydrogens (tertiary/aromatic N) is 1. The molecule has 0 aliphatic carbocycles. The number of anilines is 2. The van der Waals surface area contributed by atoms with Crippen LogP contribution in [0.4, 0.5) is 11.5 Å². The Balaban J connectivity index is 2.10. The summed E-state index contributed by atoms with van der Waals surface area (Å²) in [6, 6.07) is 7.91. The largest absolute Gasteiger partial charge is 0.465 e. The Hall–Kier alpha value is -2.31. The summed E-state index contributed by atoms with van der Waals surface area (Å²) in [6.45, 7) is 1.96. The molecular weight excluding hydrogens is 353 g/mol. The first-order valence-corrected chi connectivity index (χ1v) is 7.87. The predicted molar refractivity (Wildman–Crippen MR) is 93.8 cm³/mol. The van der Waals surface area contributed by atoms with Crippen molar-refractivity contribution in [3.8, 4) is 0 Å². The predicted octanol–water partition coefficient (Wildman–Crippen LogP) is 3.62. The number of hydrogen-bond donors (Lipinski definition) is 2. The quantitative estimate of drug-likeness (QED) is 0.762. The minimum Gasteiger partial charge on any atom is -0.465 e. The molecule has 0 aliphatic rings. The van der Waals surface area contributed by atoms with Crippen molar-refractivity contribution in [3.63, 3.8) is 0 Å². The van der Waals surface area contributed by atoms with Crippen molar-refractivity contribution < 1.29 is 14.3 Å². The second-order valence-electron chi connectivity index (χ2n) is 4.64. The second kappa shape index (κ2) is 8.52. The van der Waals surface area contributed by atoms with Gasteiger partial charge in [-0.2, -0.15) is 0 Å². The molecule has 2 N–H and O–H groups in total. The van der Waals surface area contributed by atoms with Crippen LogP contribution in [0.15, 0.2) is 36.5 Å². The number of pyridine rings is 1. The number of ether oxygens (including phenoxy) is 1. The number of carbonyl (C=O) groups excluding carboxylic acids is 2. The van der Waals surface area contributed by atoms with E-state index in [1.807, 2.05) is 0 Å². The molecule has 0 aliphatic heterocycles. The van der Waals surface area contributed by atoms with Crippen molar-refractivity contribution >= 4 is 46.6 Å². The maximum atomic E-state index is 12.3. The van der Waals surface area contributed by atoms with Gasteiger partial charge >= 0.3 is 5.97 Å². The third kappa shape index (κ3) is 4.84. The third-order valence-electron chi connectivity index (χ3n) is 2.94. The first-order chi connectivity index (χ1) is 11.5. The summed E-state index contributed by atoms with van der Waals surface area (Å²) in [5.74, 6) is -0.426. The van der Waals surface area contributed by atoms with Gasteiger partial charge in [0, 0.05) is 11.8 Å². The van der Waals surface area contributed by atoms with E-state index in [-0.39, 0.29) is 17.5 Å². The van der Waals surface area contributed by atoms with Crippen LogP contribution in [-0.4, -0.2) is 30.0 Å². The first kappa shape index (κ1) is 18.0. The molecular formula is C16H15Cl2N3O3. The maximum absolute atomic E-state index is 12.3. The number of halogens is 2. The average molecular weight is 368 g/mol. The lowest BCUT2D eigenvalue weighted by molar-refractivity contribution is -0.140. The van der Waals surface area contributed by atoms with Crippen LogP contribution in [0.1, 0.15) is 17.3 Å². The monoisotopic (exact) mass is 367 g/mol. The van der Waals surface area contributed by atoms with E-state index < -0.39 is 5.97 Å². The Labute approximate surface area is 149 Å². The molecule has 0 unspecified atom stereocenters. The van der Waals surface area contributed by atoms with Gasteiger partial charge < -0.3 is 15.4 Å². The van der Waals surface area contributed by atoms with E-state index in [9.17, 15) is 9.59 Å².